The van der Waals surface area contributed by atoms with Crippen LogP contribution in [0.15, 0.2) is 60.7 Å². The Hall–Kier alpha value is -5.19. The minimum atomic E-state index is -4.14. The molecule has 3 fully saturated rings. The molecule has 2 aliphatic heterocycles. The van der Waals surface area contributed by atoms with Gasteiger partial charge in [-0.3, -0.25) is 19.1 Å². The first-order chi connectivity index (χ1) is 27.0. The number of ether oxygens (including phenoxy) is 1. The van der Waals surface area contributed by atoms with Gasteiger partial charge in [-0.15, -0.1) is 0 Å². The van der Waals surface area contributed by atoms with Crippen molar-refractivity contribution >= 4 is 39.9 Å². The fourth-order valence-corrected chi connectivity index (χ4v) is 8.83. The van der Waals surface area contributed by atoms with Crippen molar-refractivity contribution in [3.05, 3.63) is 66.2 Å². The molecule has 1 saturated heterocycles. The Morgan fingerprint density at radius 2 is 1.70 bits per heavy atom. The smallest absolute Gasteiger partial charge is 0.407 e. The molecule has 3 heterocycles. The van der Waals surface area contributed by atoms with Crippen molar-refractivity contribution in [3.63, 3.8) is 0 Å². The van der Waals surface area contributed by atoms with Gasteiger partial charge in [0.2, 0.25) is 28.3 Å². The molecule has 17 heteroatoms. The van der Waals surface area contributed by atoms with Crippen LogP contribution in [-0.2, 0) is 29.1 Å². The Bertz CT molecular complexity index is 2190. The number of carbonyl (C=O) groups is 4. The quantitative estimate of drug-likeness (QED) is 0.305. The topological polar surface area (TPSA) is 182 Å². The fourth-order valence-electron chi connectivity index (χ4n) is 7.47. The summed E-state index contributed by atoms with van der Waals surface area (Å²) in [6, 6.07) is 13.8. The zero-order chi connectivity index (χ0) is 40.9. The predicted molar refractivity (Wildman–Crippen MR) is 206 cm³/mol. The van der Waals surface area contributed by atoms with E-state index in [1.807, 2.05) is 78.4 Å². The van der Waals surface area contributed by atoms with E-state index in [0.29, 0.717) is 30.7 Å². The highest BCUT2D eigenvalue weighted by Crippen LogP contribution is 2.49. The lowest BCUT2D eigenvalue weighted by Gasteiger charge is -2.35. The van der Waals surface area contributed by atoms with Crippen molar-refractivity contribution in [2.24, 2.45) is 17.3 Å². The van der Waals surface area contributed by atoms with E-state index in [1.165, 1.54) is 9.70 Å². The molecule has 3 aromatic rings. The summed E-state index contributed by atoms with van der Waals surface area (Å²) in [4.78, 5) is 58.4. The van der Waals surface area contributed by atoms with Crippen LogP contribution in [0.3, 0.4) is 0 Å². The van der Waals surface area contributed by atoms with E-state index in [0.717, 1.165) is 16.7 Å². The number of halogens is 2. The molecule has 1 unspecified atom stereocenters. The van der Waals surface area contributed by atoms with E-state index in [9.17, 15) is 36.4 Å². The van der Waals surface area contributed by atoms with Crippen molar-refractivity contribution in [2.75, 3.05) is 13.2 Å². The summed E-state index contributed by atoms with van der Waals surface area (Å²) < 4.78 is 61.3. The molecule has 4 aliphatic rings. The van der Waals surface area contributed by atoms with Gasteiger partial charge in [0.25, 0.3) is 5.91 Å². The monoisotopic (exact) mass is 807 g/mol. The number of benzene rings is 2. The van der Waals surface area contributed by atoms with Crippen LogP contribution >= 0.6 is 0 Å². The number of cyclic esters (lactones) is 1. The summed E-state index contributed by atoms with van der Waals surface area (Å²) in [5.74, 6) is -4.56. The van der Waals surface area contributed by atoms with Crippen LogP contribution in [0.25, 0.3) is 28.6 Å². The lowest BCUT2D eigenvalue weighted by Crippen LogP contribution is -2.60. The van der Waals surface area contributed by atoms with E-state index < -0.39 is 86.9 Å². The molecule has 57 heavy (non-hydrogen) atoms. The molecule has 14 nitrogen and oxygen atoms in total. The second-order valence-electron chi connectivity index (χ2n) is 16.7. The molecule has 0 spiro atoms. The minimum Gasteiger partial charge on any atom is -0.449 e. The first kappa shape index (κ1) is 40.0. The highest BCUT2D eigenvalue weighted by molar-refractivity contribution is 7.91. The van der Waals surface area contributed by atoms with E-state index in [4.69, 9.17) is 14.9 Å². The standard InChI is InChI=1S/C40H47F2N7O7S/c1-23-10-8-11-24-12-9-15-26(18-24)32-31(25-13-6-5-7-14-25)45-49(46-32)27-19-30(48(21-27)36(51)33(39(2,3)4)43-38(53)56-22-23)35(50)44-40(20-29(40)34(41)42)37(52)47-57(54,55)28-16-17-28/h5-9,11-15,18,23,27-30,33-34H,10,16-17,19-22H2,1-4H3,(H,43,53)(H,44,50)(H,47,52)/b11-8+/t23-,27?,29-,30-,33+,40-/m0/s1. The fraction of sp³-hybridized carbons (Fsp3) is 0.500. The Kier molecular flexibility index (Phi) is 10.7. The molecule has 6 bridgehead atoms. The highest BCUT2D eigenvalue weighted by atomic mass is 32.2. The van der Waals surface area contributed by atoms with Gasteiger partial charge in [0, 0.05) is 24.1 Å². The van der Waals surface area contributed by atoms with Crippen LogP contribution in [0, 0.1) is 17.3 Å². The number of aromatic nitrogens is 3. The molecule has 7 rings (SSSR count). The zero-order valence-electron chi connectivity index (χ0n) is 32.2. The summed E-state index contributed by atoms with van der Waals surface area (Å²) in [5.41, 5.74) is 0.411. The lowest BCUT2D eigenvalue weighted by atomic mass is 9.85. The van der Waals surface area contributed by atoms with Crippen molar-refractivity contribution < 1.29 is 41.1 Å². The molecule has 2 saturated carbocycles. The van der Waals surface area contributed by atoms with Crippen molar-refractivity contribution in [2.45, 2.75) is 95.1 Å². The third-order valence-corrected chi connectivity index (χ3v) is 12.8. The number of hydrogen-bond acceptors (Lipinski definition) is 9. The largest absolute Gasteiger partial charge is 0.449 e. The number of hydrogen-bond donors (Lipinski definition) is 3. The Balaban J connectivity index is 1.29. The number of alkyl halides is 2. The van der Waals surface area contributed by atoms with Gasteiger partial charge < -0.3 is 20.3 Å². The van der Waals surface area contributed by atoms with Crippen molar-refractivity contribution in [1.82, 2.24) is 35.2 Å². The second kappa shape index (κ2) is 15.3. The maximum absolute atomic E-state index is 14.7. The summed E-state index contributed by atoms with van der Waals surface area (Å²) in [6.45, 7) is 7.07. The third-order valence-electron chi connectivity index (χ3n) is 11.0. The van der Waals surface area contributed by atoms with Crippen LogP contribution < -0.4 is 15.4 Å². The Labute approximate surface area is 329 Å². The summed E-state index contributed by atoms with van der Waals surface area (Å²) >= 11 is 0. The summed E-state index contributed by atoms with van der Waals surface area (Å²) in [5, 5.41) is 14.2. The van der Waals surface area contributed by atoms with Gasteiger partial charge in [0.05, 0.1) is 23.8 Å². The van der Waals surface area contributed by atoms with E-state index >= 15 is 0 Å². The number of rotatable bonds is 7. The maximum Gasteiger partial charge on any atom is 0.407 e. The zero-order valence-corrected chi connectivity index (χ0v) is 33.0. The van der Waals surface area contributed by atoms with Crippen molar-refractivity contribution in [3.8, 4) is 22.5 Å². The highest BCUT2D eigenvalue weighted by Gasteiger charge is 2.67. The SMILES string of the molecule is C[C@H]1C/C=C/c2cccc(c2)-c2nn(nc2-c2ccccc2)C2C[C@@H](C(=O)N[C@@]3(C(=O)NS(=O)(=O)C4CC4)C[C@H]3C(F)F)N(C2)C(=O)[C@H](C(C)(C)C)NC(=O)OC1. The summed E-state index contributed by atoms with van der Waals surface area (Å²) in [6.07, 6.45) is 0.739. The van der Waals surface area contributed by atoms with E-state index in [-0.39, 0.29) is 25.5 Å². The minimum absolute atomic E-state index is 0.0622. The number of nitrogens with one attached hydrogen (secondary N) is 3. The van der Waals surface area contributed by atoms with Gasteiger partial charge in [-0.25, -0.2) is 22.0 Å². The first-order valence-electron chi connectivity index (χ1n) is 19.2. The summed E-state index contributed by atoms with van der Waals surface area (Å²) in [7, 11) is -4.14. The molecule has 3 N–H and O–H groups in total. The molecule has 0 radical (unpaired) electrons. The van der Waals surface area contributed by atoms with Gasteiger partial charge in [-0.2, -0.15) is 15.0 Å². The molecule has 304 valence electrons. The van der Waals surface area contributed by atoms with Crippen molar-refractivity contribution in [1.29, 1.82) is 0 Å². The molecule has 1 aromatic heterocycles. The van der Waals surface area contributed by atoms with Gasteiger partial charge in [-0.1, -0.05) is 88.4 Å². The Morgan fingerprint density at radius 1 is 1.02 bits per heavy atom. The second-order valence-corrected chi connectivity index (χ2v) is 18.6. The molecule has 4 amide bonds. The van der Waals surface area contributed by atoms with Gasteiger partial charge in [0.15, 0.2) is 0 Å². The number of nitrogens with zero attached hydrogens (tertiary/aromatic N) is 4. The molecular formula is C40H47F2N7O7S. The number of alkyl carbamates (subject to hydrolysis) is 1. The number of carbonyl (C=O) groups excluding carboxylic acids is 4. The third kappa shape index (κ3) is 8.43. The van der Waals surface area contributed by atoms with Gasteiger partial charge in [0.1, 0.15) is 29.0 Å². The van der Waals surface area contributed by atoms with Gasteiger partial charge >= 0.3 is 6.09 Å². The number of sulfonamides is 1. The van der Waals surface area contributed by atoms with Crippen LogP contribution in [0.2, 0.25) is 0 Å². The van der Waals surface area contributed by atoms with E-state index in [1.54, 1.807) is 20.8 Å². The molecule has 6 atom stereocenters. The maximum atomic E-state index is 14.7. The molecule has 2 aliphatic carbocycles. The number of allylic oxidation sites excluding steroid dienone is 1. The van der Waals surface area contributed by atoms with Crippen LogP contribution in [0.4, 0.5) is 13.6 Å². The van der Waals surface area contributed by atoms with Crippen LogP contribution in [-0.4, -0.2) is 94.6 Å². The average molecular weight is 808 g/mol. The Morgan fingerprint density at radius 3 is 2.35 bits per heavy atom. The van der Waals surface area contributed by atoms with E-state index in [2.05, 4.69) is 10.6 Å². The molecular weight excluding hydrogens is 761 g/mol. The predicted octanol–water partition coefficient (Wildman–Crippen LogP) is 4.70. The lowest BCUT2D eigenvalue weighted by molar-refractivity contribution is -0.143. The van der Waals surface area contributed by atoms with Gasteiger partial charge in [-0.05, 0) is 48.6 Å². The average Bonchev–Trinajstić information content (AvgIpc) is 4.06. The number of fused-ring (bicyclic) bond motifs is 8. The van der Waals surface area contributed by atoms with Crippen LogP contribution in [0.1, 0.15) is 71.4 Å². The molecule has 2 aromatic carbocycles. The first-order valence-corrected chi connectivity index (χ1v) is 20.7. The normalized spacial score (nSPS) is 27.4. The number of amides is 4. The van der Waals surface area contributed by atoms with Crippen LogP contribution in [0.5, 0.6) is 0 Å².